The maximum atomic E-state index is 13.5. The minimum absolute atomic E-state index is 0.0852. The van der Waals surface area contributed by atoms with E-state index in [4.69, 9.17) is 0 Å². The third-order valence-electron chi connectivity index (χ3n) is 3.53. The highest BCUT2D eigenvalue weighted by molar-refractivity contribution is 5.19. The molecule has 0 bridgehead atoms. The summed E-state index contributed by atoms with van der Waals surface area (Å²) in [4.78, 5) is 0. The molecule has 0 amide bonds. The zero-order chi connectivity index (χ0) is 11.3. The van der Waals surface area contributed by atoms with E-state index in [9.17, 15) is 4.39 Å². The Kier molecular flexibility index (Phi) is 4.56. The fourth-order valence-electron chi connectivity index (χ4n) is 2.70. The summed E-state index contributed by atoms with van der Waals surface area (Å²) in [7, 11) is 0. The second-order valence-electron chi connectivity index (χ2n) is 4.93. The van der Waals surface area contributed by atoms with E-state index in [-0.39, 0.29) is 5.41 Å². The summed E-state index contributed by atoms with van der Waals surface area (Å²) in [5.74, 6) is 0. The second kappa shape index (κ2) is 5.48. The van der Waals surface area contributed by atoms with Gasteiger partial charge in [-0.3, -0.25) is 0 Å². The number of allylic oxidation sites excluding steroid dienone is 3. The van der Waals surface area contributed by atoms with Crippen molar-refractivity contribution in [3.05, 3.63) is 24.3 Å². The predicted molar refractivity (Wildman–Crippen MR) is 64.7 cm³/mol. The molecule has 0 aromatic carbocycles. The lowest BCUT2D eigenvalue weighted by atomic mass is 9.68. The van der Waals surface area contributed by atoms with Crippen LogP contribution in [0.5, 0.6) is 0 Å². The molecule has 2 unspecified atom stereocenters. The molecule has 0 aliphatic heterocycles. The van der Waals surface area contributed by atoms with Crippen molar-refractivity contribution < 1.29 is 4.39 Å². The average molecular weight is 210 g/mol. The number of alkyl halides is 1. The van der Waals surface area contributed by atoms with Gasteiger partial charge in [-0.05, 0) is 37.5 Å². The van der Waals surface area contributed by atoms with Crippen LogP contribution in [0.15, 0.2) is 24.3 Å². The molecule has 2 atom stereocenters. The Balaban J connectivity index is 2.79. The molecule has 86 valence electrons. The SMILES string of the molecule is C=C/C=C(\CCC)C1(C)CCCC(F)C1. The van der Waals surface area contributed by atoms with Crippen molar-refractivity contribution in [3.63, 3.8) is 0 Å². The van der Waals surface area contributed by atoms with Gasteiger partial charge in [-0.15, -0.1) is 0 Å². The van der Waals surface area contributed by atoms with Gasteiger partial charge >= 0.3 is 0 Å². The van der Waals surface area contributed by atoms with Crippen LogP contribution in [0, 0.1) is 5.41 Å². The molecule has 0 heterocycles. The van der Waals surface area contributed by atoms with Crippen LogP contribution in [-0.4, -0.2) is 6.17 Å². The van der Waals surface area contributed by atoms with Crippen molar-refractivity contribution in [1.29, 1.82) is 0 Å². The summed E-state index contributed by atoms with van der Waals surface area (Å²) in [6.07, 6.45) is 9.16. The van der Waals surface area contributed by atoms with Crippen molar-refractivity contribution in [1.82, 2.24) is 0 Å². The minimum atomic E-state index is -0.603. The first-order valence-corrected chi connectivity index (χ1v) is 6.08. The smallest absolute Gasteiger partial charge is 0.101 e. The van der Waals surface area contributed by atoms with Crippen molar-refractivity contribution in [2.24, 2.45) is 5.41 Å². The van der Waals surface area contributed by atoms with Gasteiger partial charge in [0.25, 0.3) is 0 Å². The Bertz CT molecular complexity index is 242. The lowest BCUT2D eigenvalue weighted by Gasteiger charge is -2.37. The summed E-state index contributed by atoms with van der Waals surface area (Å²) in [6, 6.07) is 0. The summed E-state index contributed by atoms with van der Waals surface area (Å²) in [5.41, 5.74) is 1.48. The van der Waals surface area contributed by atoms with Gasteiger partial charge in [0.05, 0.1) is 0 Å². The highest BCUT2D eigenvalue weighted by atomic mass is 19.1. The van der Waals surface area contributed by atoms with E-state index >= 15 is 0 Å². The molecule has 1 fully saturated rings. The quantitative estimate of drug-likeness (QED) is 0.584. The first-order valence-electron chi connectivity index (χ1n) is 6.08. The van der Waals surface area contributed by atoms with Crippen LogP contribution in [0.4, 0.5) is 4.39 Å². The Morgan fingerprint density at radius 1 is 1.60 bits per heavy atom. The molecule has 1 saturated carbocycles. The fourth-order valence-corrected chi connectivity index (χ4v) is 2.70. The van der Waals surface area contributed by atoms with Crippen molar-refractivity contribution >= 4 is 0 Å². The summed E-state index contributed by atoms with van der Waals surface area (Å²) in [5, 5.41) is 0. The van der Waals surface area contributed by atoms with Crippen LogP contribution < -0.4 is 0 Å². The fraction of sp³-hybridized carbons (Fsp3) is 0.714. The average Bonchev–Trinajstić information content (AvgIpc) is 2.17. The molecule has 1 aliphatic carbocycles. The lowest BCUT2D eigenvalue weighted by molar-refractivity contribution is 0.149. The van der Waals surface area contributed by atoms with E-state index in [0.29, 0.717) is 6.42 Å². The number of rotatable bonds is 4. The predicted octanol–water partition coefficient (Wildman–Crippen LogP) is 4.82. The number of hydrogen-bond acceptors (Lipinski definition) is 0. The van der Waals surface area contributed by atoms with Gasteiger partial charge in [-0.2, -0.15) is 0 Å². The first-order chi connectivity index (χ1) is 7.12. The maximum absolute atomic E-state index is 13.5. The molecule has 0 saturated heterocycles. The first kappa shape index (κ1) is 12.5. The molecule has 0 nitrogen and oxygen atoms in total. The van der Waals surface area contributed by atoms with Crippen LogP contribution in [0.1, 0.15) is 52.4 Å². The largest absolute Gasteiger partial charge is 0.247 e. The molecule has 15 heavy (non-hydrogen) atoms. The Hall–Kier alpha value is -0.590. The van der Waals surface area contributed by atoms with Crippen LogP contribution in [0.3, 0.4) is 0 Å². The standard InChI is InChI=1S/C14H23F/c1-4-7-12(8-5-2)14(3)10-6-9-13(15)11-14/h4,7,13H,1,5-6,8-11H2,2-3H3/b12-7+. The van der Waals surface area contributed by atoms with Gasteiger partial charge in [0.1, 0.15) is 6.17 Å². The zero-order valence-electron chi connectivity index (χ0n) is 10.1. The third-order valence-corrected chi connectivity index (χ3v) is 3.53. The van der Waals surface area contributed by atoms with Gasteiger partial charge < -0.3 is 0 Å². The van der Waals surface area contributed by atoms with Gasteiger partial charge in [0.15, 0.2) is 0 Å². The minimum Gasteiger partial charge on any atom is -0.247 e. The summed E-state index contributed by atoms with van der Waals surface area (Å²) >= 11 is 0. The van der Waals surface area contributed by atoms with Crippen molar-refractivity contribution in [3.8, 4) is 0 Å². The normalized spacial score (nSPS) is 32.7. The van der Waals surface area contributed by atoms with E-state index in [1.807, 2.05) is 6.08 Å². The van der Waals surface area contributed by atoms with E-state index in [0.717, 1.165) is 32.1 Å². The van der Waals surface area contributed by atoms with Crippen molar-refractivity contribution in [2.45, 2.75) is 58.5 Å². The summed E-state index contributed by atoms with van der Waals surface area (Å²) in [6.45, 7) is 8.15. The van der Waals surface area contributed by atoms with E-state index in [1.54, 1.807) is 0 Å². The van der Waals surface area contributed by atoms with Gasteiger partial charge in [0.2, 0.25) is 0 Å². The second-order valence-corrected chi connectivity index (χ2v) is 4.93. The van der Waals surface area contributed by atoms with Crippen LogP contribution in [-0.2, 0) is 0 Å². The van der Waals surface area contributed by atoms with Gasteiger partial charge in [-0.25, -0.2) is 4.39 Å². The van der Waals surface area contributed by atoms with E-state index in [2.05, 4.69) is 26.5 Å². The molecule has 0 aromatic rings. The van der Waals surface area contributed by atoms with Crippen LogP contribution in [0.2, 0.25) is 0 Å². The topological polar surface area (TPSA) is 0 Å². The van der Waals surface area contributed by atoms with E-state index < -0.39 is 6.17 Å². The van der Waals surface area contributed by atoms with Gasteiger partial charge in [0, 0.05) is 0 Å². The molecule has 0 spiro atoms. The molecule has 0 N–H and O–H groups in total. The molecule has 1 heteroatoms. The third kappa shape index (κ3) is 3.19. The Labute approximate surface area is 93.3 Å². The molecule has 0 radical (unpaired) electrons. The lowest BCUT2D eigenvalue weighted by Crippen LogP contribution is -2.28. The summed E-state index contributed by atoms with van der Waals surface area (Å²) < 4.78 is 13.5. The molecule has 1 aliphatic rings. The zero-order valence-corrected chi connectivity index (χ0v) is 10.1. The molecule has 0 aromatic heterocycles. The van der Waals surface area contributed by atoms with Gasteiger partial charge in [-0.1, -0.05) is 44.6 Å². The molecular formula is C14H23F. The van der Waals surface area contributed by atoms with E-state index in [1.165, 1.54) is 5.57 Å². The maximum Gasteiger partial charge on any atom is 0.101 e. The highest BCUT2D eigenvalue weighted by Crippen LogP contribution is 2.44. The molecular weight excluding hydrogens is 187 g/mol. The van der Waals surface area contributed by atoms with Crippen LogP contribution in [0.25, 0.3) is 0 Å². The monoisotopic (exact) mass is 210 g/mol. The van der Waals surface area contributed by atoms with Crippen molar-refractivity contribution in [2.75, 3.05) is 0 Å². The Morgan fingerprint density at radius 3 is 2.87 bits per heavy atom. The highest BCUT2D eigenvalue weighted by Gasteiger charge is 2.34. The van der Waals surface area contributed by atoms with Crippen LogP contribution >= 0.6 is 0 Å². The number of hydrogen-bond donors (Lipinski definition) is 0. The number of halogens is 1. The Morgan fingerprint density at radius 2 is 2.33 bits per heavy atom. The molecule has 1 rings (SSSR count).